The molecule has 0 bridgehead atoms. The van der Waals surface area contributed by atoms with E-state index >= 15 is 0 Å². The molecule has 0 unspecified atom stereocenters. The highest BCUT2D eigenvalue weighted by molar-refractivity contribution is 5.97. The van der Waals surface area contributed by atoms with Crippen LogP contribution in [0.2, 0.25) is 0 Å². The molecule has 154 valence electrons. The van der Waals surface area contributed by atoms with Crippen LogP contribution < -0.4 is 4.74 Å². The smallest absolute Gasteiger partial charge is 0.257 e. The fraction of sp³-hybridized carbons (Fsp3) is 0.619. The summed E-state index contributed by atoms with van der Waals surface area (Å²) in [6, 6.07) is 7.35. The van der Waals surface area contributed by atoms with Crippen LogP contribution in [0.5, 0.6) is 5.75 Å². The standard InChI is InChI=1S/C21H31N3O4/c1-3-28-19-8-5-4-7-17(19)20(25)23-11-6-10-22(13-14-23)18-9-12-24(21(18)26)15-16-27-2/h4-5,7-8,18H,3,6,9-16H2,1-2H3/t18-/m0/s1. The molecule has 0 aromatic heterocycles. The first-order valence-corrected chi connectivity index (χ1v) is 10.2. The van der Waals surface area contributed by atoms with Gasteiger partial charge in [0.05, 0.1) is 24.8 Å². The Balaban J connectivity index is 1.61. The van der Waals surface area contributed by atoms with Crippen molar-refractivity contribution in [3.05, 3.63) is 29.8 Å². The van der Waals surface area contributed by atoms with Gasteiger partial charge in [-0.3, -0.25) is 14.5 Å². The van der Waals surface area contributed by atoms with Crippen LogP contribution in [0.1, 0.15) is 30.1 Å². The van der Waals surface area contributed by atoms with Crippen LogP contribution in [0.3, 0.4) is 0 Å². The van der Waals surface area contributed by atoms with Gasteiger partial charge in [0.25, 0.3) is 5.91 Å². The van der Waals surface area contributed by atoms with Gasteiger partial charge >= 0.3 is 0 Å². The summed E-state index contributed by atoms with van der Waals surface area (Å²) in [6.07, 6.45) is 1.72. The van der Waals surface area contributed by atoms with Crippen molar-refractivity contribution in [2.24, 2.45) is 0 Å². The van der Waals surface area contributed by atoms with Gasteiger partial charge in [-0.15, -0.1) is 0 Å². The number of para-hydroxylation sites is 1. The van der Waals surface area contributed by atoms with E-state index in [4.69, 9.17) is 9.47 Å². The van der Waals surface area contributed by atoms with Gasteiger partial charge in [0.15, 0.2) is 0 Å². The minimum Gasteiger partial charge on any atom is -0.493 e. The number of rotatable bonds is 7. The van der Waals surface area contributed by atoms with E-state index in [0.29, 0.717) is 44.2 Å². The van der Waals surface area contributed by atoms with E-state index in [-0.39, 0.29) is 17.9 Å². The van der Waals surface area contributed by atoms with Crippen molar-refractivity contribution in [1.29, 1.82) is 0 Å². The summed E-state index contributed by atoms with van der Waals surface area (Å²) in [7, 11) is 1.65. The zero-order chi connectivity index (χ0) is 19.9. The molecule has 1 atom stereocenters. The van der Waals surface area contributed by atoms with Gasteiger partial charge in [0.2, 0.25) is 5.91 Å². The number of methoxy groups -OCH3 is 1. The monoisotopic (exact) mass is 389 g/mol. The molecule has 2 saturated heterocycles. The quantitative estimate of drug-likeness (QED) is 0.707. The second kappa shape index (κ2) is 9.89. The Hall–Kier alpha value is -2.12. The van der Waals surface area contributed by atoms with Gasteiger partial charge < -0.3 is 19.3 Å². The van der Waals surface area contributed by atoms with E-state index in [0.717, 1.165) is 32.5 Å². The highest BCUT2D eigenvalue weighted by Gasteiger charge is 2.36. The van der Waals surface area contributed by atoms with Gasteiger partial charge in [0.1, 0.15) is 5.75 Å². The van der Waals surface area contributed by atoms with Crippen LogP contribution in [0, 0.1) is 0 Å². The number of nitrogens with zero attached hydrogens (tertiary/aromatic N) is 3. The van der Waals surface area contributed by atoms with Crippen molar-refractivity contribution in [2.45, 2.75) is 25.8 Å². The van der Waals surface area contributed by atoms with Crippen molar-refractivity contribution in [3.8, 4) is 5.75 Å². The number of likely N-dealkylation sites (tertiary alicyclic amines) is 1. The van der Waals surface area contributed by atoms with Gasteiger partial charge in [-0.05, 0) is 31.9 Å². The lowest BCUT2D eigenvalue weighted by Crippen LogP contribution is -2.44. The number of amides is 2. The van der Waals surface area contributed by atoms with Crippen molar-refractivity contribution in [1.82, 2.24) is 14.7 Å². The molecule has 1 aromatic rings. The molecule has 0 spiro atoms. The molecule has 0 radical (unpaired) electrons. The fourth-order valence-corrected chi connectivity index (χ4v) is 4.03. The molecular weight excluding hydrogens is 358 g/mol. The Morgan fingerprint density at radius 3 is 2.75 bits per heavy atom. The summed E-state index contributed by atoms with van der Waals surface area (Å²) >= 11 is 0. The van der Waals surface area contributed by atoms with Crippen LogP contribution in [-0.4, -0.2) is 92.1 Å². The Labute approximate surface area is 167 Å². The normalized spacial score (nSPS) is 21.1. The Bertz CT molecular complexity index is 681. The van der Waals surface area contributed by atoms with Crippen LogP contribution in [0.25, 0.3) is 0 Å². The second-order valence-electron chi connectivity index (χ2n) is 7.23. The van der Waals surface area contributed by atoms with Crippen LogP contribution in [0.15, 0.2) is 24.3 Å². The van der Waals surface area contributed by atoms with E-state index in [1.165, 1.54) is 0 Å². The highest BCUT2D eigenvalue weighted by atomic mass is 16.5. The van der Waals surface area contributed by atoms with E-state index in [2.05, 4.69) is 4.90 Å². The maximum atomic E-state index is 13.0. The van der Waals surface area contributed by atoms with Gasteiger partial charge in [-0.1, -0.05) is 12.1 Å². The van der Waals surface area contributed by atoms with Crippen molar-refractivity contribution < 1.29 is 19.1 Å². The van der Waals surface area contributed by atoms with Crippen LogP contribution >= 0.6 is 0 Å². The third-order valence-electron chi connectivity index (χ3n) is 5.51. The lowest BCUT2D eigenvalue weighted by atomic mass is 10.1. The molecule has 2 fully saturated rings. The molecule has 2 aliphatic rings. The molecular formula is C21H31N3O4. The minimum absolute atomic E-state index is 0.00497. The molecule has 7 heteroatoms. The molecule has 7 nitrogen and oxygen atoms in total. The zero-order valence-electron chi connectivity index (χ0n) is 16.9. The maximum absolute atomic E-state index is 13.0. The predicted octanol–water partition coefficient (Wildman–Crippen LogP) is 1.48. The van der Waals surface area contributed by atoms with E-state index in [1.54, 1.807) is 7.11 Å². The molecule has 3 rings (SSSR count). The zero-order valence-corrected chi connectivity index (χ0v) is 16.9. The summed E-state index contributed by atoms with van der Waals surface area (Å²) in [5.74, 6) is 0.833. The summed E-state index contributed by atoms with van der Waals surface area (Å²) in [6.45, 7) is 7.33. The first-order valence-electron chi connectivity index (χ1n) is 10.2. The summed E-state index contributed by atoms with van der Waals surface area (Å²) in [5, 5.41) is 0. The number of hydrogen-bond acceptors (Lipinski definition) is 5. The summed E-state index contributed by atoms with van der Waals surface area (Å²) in [5.41, 5.74) is 0.612. The van der Waals surface area contributed by atoms with E-state index in [1.807, 2.05) is 41.0 Å². The number of carbonyl (C=O) groups excluding carboxylic acids is 2. The van der Waals surface area contributed by atoms with Crippen LogP contribution in [0.4, 0.5) is 0 Å². The van der Waals surface area contributed by atoms with Crippen molar-refractivity contribution >= 4 is 11.8 Å². The first-order chi connectivity index (χ1) is 13.7. The lowest BCUT2D eigenvalue weighted by Gasteiger charge is -2.27. The number of carbonyl (C=O) groups is 2. The number of ether oxygens (including phenoxy) is 2. The molecule has 0 aliphatic carbocycles. The Kier molecular flexibility index (Phi) is 7.28. The van der Waals surface area contributed by atoms with Crippen LogP contribution in [-0.2, 0) is 9.53 Å². The third kappa shape index (κ3) is 4.64. The van der Waals surface area contributed by atoms with E-state index < -0.39 is 0 Å². The molecule has 28 heavy (non-hydrogen) atoms. The largest absolute Gasteiger partial charge is 0.493 e. The SMILES string of the molecule is CCOc1ccccc1C(=O)N1CCCN([C@H]2CCN(CCOC)C2=O)CC1. The average molecular weight is 389 g/mol. The summed E-state index contributed by atoms with van der Waals surface area (Å²) < 4.78 is 10.7. The molecule has 1 aromatic carbocycles. The second-order valence-corrected chi connectivity index (χ2v) is 7.23. The maximum Gasteiger partial charge on any atom is 0.257 e. The minimum atomic E-state index is -0.0670. The molecule has 2 amide bonds. The van der Waals surface area contributed by atoms with Gasteiger partial charge in [-0.2, -0.15) is 0 Å². The topological polar surface area (TPSA) is 62.3 Å². The lowest BCUT2D eigenvalue weighted by molar-refractivity contribution is -0.132. The van der Waals surface area contributed by atoms with Crippen molar-refractivity contribution in [3.63, 3.8) is 0 Å². The predicted molar refractivity (Wildman–Crippen MR) is 107 cm³/mol. The number of benzene rings is 1. The fourth-order valence-electron chi connectivity index (χ4n) is 4.03. The Morgan fingerprint density at radius 2 is 1.96 bits per heavy atom. The first kappa shape index (κ1) is 20.6. The average Bonchev–Trinajstić information content (AvgIpc) is 2.92. The molecule has 2 heterocycles. The third-order valence-corrected chi connectivity index (χ3v) is 5.51. The highest BCUT2D eigenvalue weighted by Crippen LogP contribution is 2.22. The molecule has 2 aliphatic heterocycles. The number of hydrogen-bond donors (Lipinski definition) is 0. The van der Waals surface area contributed by atoms with Gasteiger partial charge in [-0.25, -0.2) is 0 Å². The van der Waals surface area contributed by atoms with Crippen molar-refractivity contribution in [2.75, 3.05) is 59.6 Å². The molecule has 0 saturated carbocycles. The molecule has 0 N–H and O–H groups in total. The summed E-state index contributed by atoms with van der Waals surface area (Å²) in [4.78, 5) is 31.8. The van der Waals surface area contributed by atoms with E-state index in [9.17, 15) is 9.59 Å². The Morgan fingerprint density at radius 1 is 1.14 bits per heavy atom. The van der Waals surface area contributed by atoms with Gasteiger partial charge in [0, 0.05) is 46.4 Å².